The molecule has 7 heterocycles. The summed E-state index contributed by atoms with van der Waals surface area (Å²) in [5.41, 5.74) is 0. The van der Waals surface area contributed by atoms with E-state index in [9.17, 15) is 146 Å². The number of carbonyl (C=O) groups is 6. The molecule has 0 aromatic rings. The fourth-order valence-corrected chi connectivity index (χ4v) is 12.8. The highest BCUT2D eigenvalue weighted by Crippen LogP contribution is 2.40. The average Bonchev–Trinajstić information content (AvgIpc) is 0.795. The number of hydrogen-bond donors (Lipinski definition) is 27. The van der Waals surface area contributed by atoms with Crippen LogP contribution in [-0.4, -0.2) is 425 Å². The quantitative estimate of drug-likeness (QED) is 0.0331. The van der Waals surface area contributed by atoms with Crippen molar-refractivity contribution < 1.29 is 208 Å². The Balaban J connectivity index is 1.06. The number of carboxylic acid groups (broad SMARTS) is 2. The highest BCUT2D eigenvalue weighted by atomic mass is 16.8. The molecule has 7 aliphatic heterocycles. The molecule has 7 aliphatic rings. The summed E-state index contributed by atoms with van der Waals surface area (Å²) in [5.74, 6) is -13.6. The van der Waals surface area contributed by atoms with E-state index in [0.29, 0.717) is 0 Å². The highest BCUT2D eigenvalue weighted by Gasteiger charge is 2.62. The summed E-state index contributed by atoms with van der Waals surface area (Å²) < 4.78 is 74.7. The summed E-state index contributed by atoms with van der Waals surface area (Å²) >= 11 is 0. The van der Waals surface area contributed by atoms with Crippen molar-refractivity contribution in [2.24, 2.45) is 0 Å². The minimum atomic E-state index is -3.03. The average molecular weight is 1490 g/mol. The van der Waals surface area contributed by atoms with Gasteiger partial charge >= 0.3 is 11.9 Å². The smallest absolute Gasteiger partial charge is 0.364 e. The fraction of sp³-hybridized carbons (Fsp3) is 0.893. The number of ether oxygens (including phenoxy) is 13. The number of nitrogens with one attached hydrogen (secondary N) is 4. The first kappa shape index (κ1) is 84.7. The topological polar surface area (TPSA) is 736 Å². The third kappa shape index (κ3) is 18.7. The lowest BCUT2D eigenvalue weighted by atomic mass is 9.88. The lowest BCUT2D eigenvalue weighted by Gasteiger charge is -2.50. The maximum atomic E-state index is 12.9. The predicted molar refractivity (Wildman–Crippen MR) is 313 cm³/mol. The summed E-state index contributed by atoms with van der Waals surface area (Å²) in [5, 5.41) is 259. The predicted octanol–water partition coefficient (Wildman–Crippen LogP) is -17.3. The first-order valence-corrected chi connectivity index (χ1v) is 31.9. The number of aliphatic hydroxyl groups excluding tert-OH is 21. The van der Waals surface area contributed by atoms with Crippen molar-refractivity contribution in [3.05, 3.63) is 0 Å². The zero-order chi connectivity index (χ0) is 76.1. The van der Waals surface area contributed by atoms with Gasteiger partial charge in [-0.15, -0.1) is 0 Å². The molecule has 27 N–H and O–H groups in total. The van der Waals surface area contributed by atoms with Crippen LogP contribution in [-0.2, 0) is 90.3 Å². The van der Waals surface area contributed by atoms with Gasteiger partial charge in [-0.05, 0) is 0 Å². The van der Waals surface area contributed by atoms with Gasteiger partial charge in [0.1, 0.15) is 159 Å². The molecule has 4 amide bonds. The van der Waals surface area contributed by atoms with Gasteiger partial charge in [-0.1, -0.05) is 0 Å². The van der Waals surface area contributed by atoms with E-state index in [4.69, 9.17) is 61.6 Å². The number of hydrogen-bond acceptors (Lipinski definition) is 40. The maximum Gasteiger partial charge on any atom is 0.364 e. The van der Waals surface area contributed by atoms with Crippen molar-refractivity contribution in [3.8, 4) is 0 Å². The fourth-order valence-electron chi connectivity index (χ4n) is 12.8. The first-order chi connectivity index (χ1) is 47.8. The van der Waals surface area contributed by atoms with Crippen LogP contribution < -0.4 is 21.3 Å². The Morgan fingerprint density at radius 1 is 0.392 bits per heavy atom. The van der Waals surface area contributed by atoms with Crippen LogP contribution in [0.3, 0.4) is 0 Å². The number of aliphatic hydroxyl groups is 21. The van der Waals surface area contributed by atoms with Gasteiger partial charge in [-0.3, -0.25) is 19.2 Å². The van der Waals surface area contributed by atoms with E-state index in [1.807, 2.05) is 0 Å². The van der Waals surface area contributed by atoms with Crippen LogP contribution in [0.5, 0.6) is 0 Å². The van der Waals surface area contributed by atoms with Crippen LogP contribution in [0.1, 0.15) is 40.5 Å². The maximum absolute atomic E-state index is 12.9. The van der Waals surface area contributed by atoms with E-state index >= 15 is 0 Å². The van der Waals surface area contributed by atoms with E-state index < -0.39 is 321 Å². The van der Waals surface area contributed by atoms with Crippen molar-refractivity contribution >= 4 is 35.6 Å². The van der Waals surface area contributed by atoms with Gasteiger partial charge in [0.05, 0.1) is 70.5 Å². The zero-order valence-electron chi connectivity index (χ0n) is 54.6. The summed E-state index contributed by atoms with van der Waals surface area (Å²) in [6, 6.07) is -7.14. The molecule has 7 rings (SSSR count). The molecule has 46 nitrogen and oxygen atoms in total. The van der Waals surface area contributed by atoms with Crippen LogP contribution in [0.2, 0.25) is 0 Å². The number of aliphatic carboxylic acids is 2. The summed E-state index contributed by atoms with van der Waals surface area (Å²) in [7, 11) is 0. The standard InChI is InChI=1S/C56H92N4O42/c1-14(66)57-27-18(70)5-55(53(86)87,101-45(27)31(74)20(72)7-61)90-12-25-33(76)37(80)39(82)51(95-25)98-42-23(10-64)93-49(29(35(42)78)59-16(3)68)97-44-22(9-63)92-48(85)47(41(44)84)100-50-30(60-17(4)69)36(79)43(24(11-65)94-50)99-52-40(83)38(81)34(77)26(96-52)13-91-56(54(88)89)6-19(71)28(58-15(2)67)46(102-56)32(75)21(73)8-62/h18-52,61-65,70-85H,5-13H2,1-4H3,(H,57,66)(H,58,67)(H,59,68)(H,60,69)(H,86,87)(H,88,89)/t18-,19-,20+,21+,22+,23+,24+,25+,26+,27+,28+,29+,30+,31+,32+,33-,34-,35+,36+,37-,38-,39+,40+,41-,42+,43+,44+,45+,46+,47-,48?,49-,50-,51-,52-,55+,56+/m0/s1. The molecule has 7 saturated heterocycles. The van der Waals surface area contributed by atoms with E-state index in [1.165, 1.54) is 0 Å². The zero-order valence-corrected chi connectivity index (χ0v) is 54.6. The Kier molecular flexibility index (Phi) is 29.8. The minimum absolute atomic E-state index is 0.816. The minimum Gasteiger partial charge on any atom is -0.477 e. The Hall–Kier alpha value is -4.54. The Morgan fingerprint density at radius 3 is 1.02 bits per heavy atom. The van der Waals surface area contributed by atoms with Gasteiger partial charge in [0.15, 0.2) is 31.5 Å². The molecule has 0 spiro atoms. The monoisotopic (exact) mass is 1490 g/mol. The summed E-state index contributed by atoms with van der Waals surface area (Å²) in [6.07, 6.45) is -67.8. The molecule has 0 radical (unpaired) electrons. The Labute approximate surface area is 576 Å². The lowest BCUT2D eigenvalue weighted by Crippen LogP contribution is -2.70. The molecular formula is C56H92N4O42. The summed E-state index contributed by atoms with van der Waals surface area (Å²) in [4.78, 5) is 75.4. The Morgan fingerprint density at radius 2 is 0.696 bits per heavy atom. The summed E-state index contributed by atoms with van der Waals surface area (Å²) in [6.45, 7) is -4.25. The molecule has 0 aromatic heterocycles. The van der Waals surface area contributed by atoms with Crippen molar-refractivity contribution in [2.75, 3.05) is 46.2 Å². The van der Waals surface area contributed by atoms with Gasteiger partial charge in [0.25, 0.3) is 11.6 Å². The largest absolute Gasteiger partial charge is 0.477 e. The van der Waals surface area contributed by atoms with Crippen LogP contribution >= 0.6 is 0 Å². The third-order valence-electron chi connectivity index (χ3n) is 18.1. The van der Waals surface area contributed by atoms with Gasteiger partial charge in [0.2, 0.25) is 23.6 Å². The third-order valence-corrected chi connectivity index (χ3v) is 18.1. The van der Waals surface area contributed by atoms with Gasteiger partial charge in [0, 0.05) is 40.5 Å². The van der Waals surface area contributed by atoms with Crippen LogP contribution in [0.25, 0.3) is 0 Å². The van der Waals surface area contributed by atoms with Crippen molar-refractivity contribution in [2.45, 2.75) is 266 Å². The molecule has 7 fully saturated rings. The second kappa shape index (κ2) is 35.9. The molecule has 102 heavy (non-hydrogen) atoms. The molecule has 1 unspecified atom stereocenters. The van der Waals surface area contributed by atoms with Crippen LogP contribution in [0.15, 0.2) is 0 Å². The second-order valence-corrected chi connectivity index (χ2v) is 25.4. The van der Waals surface area contributed by atoms with Gasteiger partial charge in [-0.25, -0.2) is 9.59 Å². The Bertz CT molecular complexity index is 2780. The van der Waals surface area contributed by atoms with Gasteiger partial charge < -0.3 is 200 Å². The van der Waals surface area contributed by atoms with E-state index in [0.717, 1.165) is 27.7 Å². The molecule has 46 heteroatoms. The molecule has 0 bridgehead atoms. The normalized spacial score (nSPS) is 44.6. The second-order valence-electron chi connectivity index (χ2n) is 25.4. The van der Waals surface area contributed by atoms with Crippen molar-refractivity contribution in [1.82, 2.24) is 21.3 Å². The molecule has 37 atom stereocenters. The molecule has 0 aromatic carbocycles. The number of carbonyl (C=O) groups excluding carboxylic acids is 4. The SMILES string of the molecule is CC(=O)N[C@H]1[C@H](O[C@H]2[C@H](O)[C@H](O[C@@H]3O[C@H](CO)[C@@H](O[C@@H]4O[C@H](CO[C@]5(C(=O)O)C[C@H](O)[C@@H](NC(C)=O)[C@H]([C@H](O)[C@H](O)CO)O5)[C@H](O)[C@H](O)[C@H]4O)[C@H](O)[C@H]3NC(C)=O)C(O)O[C@@H]2CO)O[C@H](CO)[C@@H](O[C@@H]2O[C@H](CO[C@]3(C(=O)O)C[C@H](O)[C@@H](NC(C)=O)[C@H]([C@H](O)[C@H](O)CO)O3)[C@H](O)[C@H](O)[C@H]2O)[C@@H]1O. The molecular weight excluding hydrogens is 1400 g/mol. The molecule has 0 aliphatic carbocycles. The number of carboxylic acids is 2. The van der Waals surface area contributed by atoms with Crippen molar-refractivity contribution in [1.29, 1.82) is 0 Å². The molecule has 588 valence electrons. The number of amides is 4. The molecule has 0 saturated carbocycles. The van der Waals surface area contributed by atoms with Crippen LogP contribution in [0.4, 0.5) is 0 Å². The van der Waals surface area contributed by atoms with Gasteiger partial charge in [-0.2, -0.15) is 0 Å². The lowest BCUT2D eigenvalue weighted by molar-refractivity contribution is -0.385. The van der Waals surface area contributed by atoms with Crippen molar-refractivity contribution in [3.63, 3.8) is 0 Å². The van der Waals surface area contributed by atoms with E-state index in [1.54, 1.807) is 0 Å². The van der Waals surface area contributed by atoms with E-state index in [-0.39, 0.29) is 0 Å². The van der Waals surface area contributed by atoms with Crippen LogP contribution in [0, 0.1) is 0 Å². The van der Waals surface area contributed by atoms with E-state index in [2.05, 4.69) is 21.3 Å². The first-order valence-electron chi connectivity index (χ1n) is 31.9. The highest BCUT2D eigenvalue weighted by molar-refractivity contribution is 5.77. The number of rotatable bonds is 29.